The average Bonchev–Trinajstić information content (AvgIpc) is 2.28. The zero-order valence-electron chi connectivity index (χ0n) is 11.0. The predicted molar refractivity (Wildman–Crippen MR) is 85.1 cm³/mol. The van der Waals surface area contributed by atoms with Gasteiger partial charge in [-0.2, -0.15) is 0 Å². The Morgan fingerprint density at radius 3 is 2.65 bits per heavy atom. The monoisotopic (exact) mass is 409 g/mol. The third kappa shape index (κ3) is 5.09. The van der Waals surface area contributed by atoms with Crippen molar-refractivity contribution in [1.29, 1.82) is 0 Å². The maximum atomic E-state index is 11.8. The molecule has 1 aromatic carbocycles. The minimum atomic E-state index is -0.635. The molecule has 0 aliphatic heterocycles. The second-order valence-corrected chi connectivity index (χ2v) is 7.58. The molecule has 0 spiro atoms. The number of ether oxygens (including phenoxy) is 1. The predicted octanol–water partition coefficient (Wildman–Crippen LogP) is 4.06. The summed E-state index contributed by atoms with van der Waals surface area (Å²) >= 11 is 7.70. The second kappa shape index (κ2) is 6.53. The largest absolute Gasteiger partial charge is 0.446 e. The van der Waals surface area contributed by atoms with Crippen LogP contribution in [0.3, 0.4) is 0 Å². The Hall–Kier alpha value is -1.15. The van der Waals surface area contributed by atoms with Gasteiger partial charge in [0.25, 0.3) is 5.69 Å². The van der Waals surface area contributed by atoms with E-state index in [-0.39, 0.29) is 22.7 Å². The summed E-state index contributed by atoms with van der Waals surface area (Å²) in [4.78, 5) is 22.0. The highest BCUT2D eigenvalue weighted by Gasteiger charge is 2.21. The molecule has 0 aliphatic rings. The molecule has 0 radical (unpaired) electrons. The summed E-state index contributed by atoms with van der Waals surface area (Å²) in [6.45, 7) is 7.13. The van der Waals surface area contributed by atoms with Crippen LogP contribution in [0.25, 0.3) is 0 Å². The van der Waals surface area contributed by atoms with Crippen molar-refractivity contribution in [2.45, 2.75) is 23.9 Å². The van der Waals surface area contributed by atoms with Gasteiger partial charge in [0.2, 0.25) is 0 Å². The van der Waals surface area contributed by atoms with Gasteiger partial charge in [0.1, 0.15) is 5.02 Å². The normalized spacial score (nSPS) is 11.0. The fourth-order valence-corrected chi connectivity index (χ4v) is 1.81. The van der Waals surface area contributed by atoms with E-state index >= 15 is 0 Å². The van der Waals surface area contributed by atoms with E-state index in [1.54, 1.807) is 19.9 Å². The summed E-state index contributed by atoms with van der Waals surface area (Å²) in [7, 11) is 0. The molecule has 108 valence electrons. The zero-order chi connectivity index (χ0) is 15.5. The molecular weight excluding hydrogens is 397 g/mol. The lowest BCUT2D eigenvalue weighted by molar-refractivity contribution is -0.384. The minimum Gasteiger partial charge on any atom is -0.446 e. The van der Waals surface area contributed by atoms with Crippen LogP contribution in [0.4, 0.5) is 5.69 Å². The number of nitrogens with zero attached hydrogens (tertiary/aromatic N) is 1. The Balaban J connectivity index is 2.84. The average molecular weight is 410 g/mol. The Morgan fingerprint density at radius 2 is 2.15 bits per heavy atom. The SMILES string of the molecule is C=C(Cc1ccc(Cl)c([N+](=O)[O-])c1)C(=O)OC(C)(C)I. The van der Waals surface area contributed by atoms with Crippen LogP contribution >= 0.6 is 34.2 Å². The van der Waals surface area contributed by atoms with Crippen molar-refractivity contribution in [2.24, 2.45) is 0 Å². The first-order chi connectivity index (χ1) is 9.10. The van der Waals surface area contributed by atoms with E-state index in [0.717, 1.165) is 0 Å². The molecule has 0 fully saturated rings. The number of nitro benzene ring substituents is 1. The third-order valence-corrected chi connectivity index (χ3v) is 2.79. The number of carbonyl (C=O) groups is 1. The van der Waals surface area contributed by atoms with Gasteiger partial charge in [-0.3, -0.25) is 10.1 Å². The van der Waals surface area contributed by atoms with E-state index in [2.05, 4.69) is 6.58 Å². The molecule has 0 aliphatic carbocycles. The van der Waals surface area contributed by atoms with Crippen molar-refractivity contribution in [2.75, 3.05) is 0 Å². The summed E-state index contributed by atoms with van der Waals surface area (Å²) in [5, 5.41) is 10.8. The lowest BCUT2D eigenvalue weighted by Crippen LogP contribution is -2.22. The molecule has 0 heterocycles. The Kier molecular flexibility index (Phi) is 5.52. The number of rotatable bonds is 5. The molecule has 1 rings (SSSR count). The summed E-state index contributed by atoms with van der Waals surface area (Å²) in [6.07, 6.45) is 0.170. The van der Waals surface area contributed by atoms with Crippen LogP contribution in [0.1, 0.15) is 19.4 Å². The third-order valence-electron chi connectivity index (χ3n) is 2.25. The molecule has 0 unspecified atom stereocenters. The van der Waals surface area contributed by atoms with E-state index < -0.39 is 14.5 Å². The molecule has 1 aromatic rings. The number of esters is 1. The van der Waals surface area contributed by atoms with Crippen molar-refractivity contribution < 1.29 is 14.5 Å². The number of carbonyl (C=O) groups excluding carboxylic acids is 1. The van der Waals surface area contributed by atoms with E-state index in [1.165, 1.54) is 12.1 Å². The number of nitro groups is 1. The van der Waals surface area contributed by atoms with E-state index in [0.29, 0.717) is 5.56 Å². The quantitative estimate of drug-likeness (QED) is 0.184. The van der Waals surface area contributed by atoms with Crippen LogP contribution in [0.2, 0.25) is 5.02 Å². The Bertz CT molecular complexity index is 566. The lowest BCUT2D eigenvalue weighted by atomic mass is 10.1. The second-order valence-electron chi connectivity index (χ2n) is 4.58. The van der Waals surface area contributed by atoms with Gasteiger partial charge in [0.05, 0.1) is 4.92 Å². The number of benzene rings is 1. The number of hydrogen-bond acceptors (Lipinski definition) is 4. The minimum absolute atomic E-state index is 0.0559. The maximum Gasteiger partial charge on any atom is 0.335 e. The van der Waals surface area contributed by atoms with E-state index in [9.17, 15) is 14.9 Å². The molecule has 0 saturated carbocycles. The van der Waals surface area contributed by atoms with Crippen molar-refractivity contribution >= 4 is 45.8 Å². The summed E-state index contributed by atoms with van der Waals surface area (Å²) in [5.74, 6) is -0.526. The van der Waals surface area contributed by atoms with Crippen molar-refractivity contribution in [1.82, 2.24) is 0 Å². The summed E-state index contributed by atoms with van der Waals surface area (Å²) in [6, 6.07) is 4.37. The first kappa shape index (κ1) is 16.9. The zero-order valence-corrected chi connectivity index (χ0v) is 13.9. The molecule has 0 bridgehead atoms. The summed E-state index contributed by atoms with van der Waals surface area (Å²) in [5.41, 5.74) is 0.611. The van der Waals surface area contributed by atoms with Crippen LogP contribution in [0.5, 0.6) is 0 Å². The highest BCUT2D eigenvalue weighted by atomic mass is 127. The first-order valence-corrected chi connectivity index (χ1v) is 7.08. The molecule has 7 heteroatoms. The van der Waals surface area contributed by atoms with E-state index in [4.69, 9.17) is 16.3 Å². The highest BCUT2D eigenvalue weighted by molar-refractivity contribution is 14.1. The first-order valence-electron chi connectivity index (χ1n) is 5.63. The Labute approximate surface area is 135 Å². The smallest absolute Gasteiger partial charge is 0.335 e. The standard InChI is InChI=1S/C13H13ClINO4/c1-8(12(17)20-13(2,3)15)6-9-4-5-10(14)11(7-9)16(18)19/h4-5,7H,1,6H2,2-3H3. The lowest BCUT2D eigenvalue weighted by Gasteiger charge is -2.18. The van der Waals surface area contributed by atoms with Gasteiger partial charge in [-0.15, -0.1) is 0 Å². The molecule has 0 N–H and O–H groups in total. The molecule has 0 amide bonds. The highest BCUT2D eigenvalue weighted by Crippen LogP contribution is 2.26. The molecular formula is C13H13ClINO4. The van der Waals surface area contributed by atoms with Gasteiger partial charge < -0.3 is 4.74 Å². The number of halogens is 2. The van der Waals surface area contributed by atoms with Crippen LogP contribution in [-0.2, 0) is 16.0 Å². The fourth-order valence-electron chi connectivity index (χ4n) is 1.42. The van der Waals surface area contributed by atoms with Crippen molar-refractivity contribution in [3.8, 4) is 0 Å². The number of hydrogen-bond donors (Lipinski definition) is 0. The van der Waals surface area contributed by atoms with Crippen LogP contribution in [0, 0.1) is 10.1 Å². The van der Waals surface area contributed by atoms with Gasteiger partial charge in [0.15, 0.2) is 3.61 Å². The van der Waals surface area contributed by atoms with Gasteiger partial charge in [-0.05, 0) is 48.1 Å². The van der Waals surface area contributed by atoms with Gasteiger partial charge in [-0.25, -0.2) is 4.79 Å². The van der Waals surface area contributed by atoms with Crippen LogP contribution in [0.15, 0.2) is 30.4 Å². The number of alkyl halides is 1. The van der Waals surface area contributed by atoms with Crippen molar-refractivity contribution in [3.63, 3.8) is 0 Å². The van der Waals surface area contributed by atoms with Gasteiger partial charge >= 0.3 is 5.97 Å². The van der Waals surface area contributed by atoms with Crippen LogP contribution < -0.4 is 0 Å². The van der Waals surface area contributed by atoms with Crippen LogP contribution in [-0.4, -0.2) is 14.5 Å². The topological polar surface area (TPSA) is 69.4 Å². The fraction of sp³-hybridized carbons (Fsp3) is 0.308. The molecule has 0 aromatic heterocycles. The summed E-state index contributed by atoms with van der Waals surface area (Å²) < 4.78 is 4.53. The molecule has 5 nitrogen and oxygen atoms in total. The molecule has 0 atom stereocenters. The van der Waals surface area contributed by atoms with Crippen molar-refractivity contribution in [3.05, 3.63) is 51.1 Å². The van der Waals surface area contributed by atoms with Gasteiger partial charge in [-0.1, -0.05) is 24.2 Å². The molecule has 0 saturated heterocycles. The van der Waals surface area contributed by atoms with E-state index in [1.807, 2.05) is 22.6 Å². The Morgan fingerprint density at radius 1 is 1.55 bits per heavy atom. The van der Waals surface area contributed by atoms with Gasteiger partial charge in [0, 0.05) is 18.1 Å². The maximum absolute atomic E-state index is 11.8. The molecule has 20 heavy (non-hydrogen) atoms.